The number of hydrogen-bond donors (Lipinski definition) is 0. The number of benzene rings is 8. The topological polar surface area (TPSA) is 22.8 Å². The van der Waals surface area contributed by atoms with E-state index in [2.05, 4.69) is 185 Å². The number of para-hydroxylation sites is 3. The smallest absolute Gasteiger partial charge is 0.195 e. The standard InChI is InChI=1S/C49H29N3S2/c1-3-14-30(15-4-1)38-29-44-46(37-20-9-12-25-43(37)53-44)48-47(38)50-49(54-48)52-40-23-11-8-19-36(40)45-33(21-13-24-41(45)52)31-26-27-35-34-18-7-10-22-39(34)51(42(35)28-31)32-16-5-2-6-17-32/h1-29H. The molecular weight excluding hydrogens is 695 g/mol. The highest BCUT2D eigenvalue weighted by Gasteiger charge is 2.23. The molecule has 3 nitrogen and oxygen atoms in total. The van der Waals surface area contributed by atoms with Crippen LogP contribution in [-0.4, -0.2) is 14.1 Å². The van der Waals surface area contributed by atoms with E-state index in [0.717, 1.165) is 27.4 Å². The van der Waals surface area contributed by atoms with Crippen molar-refractivity contribution in [3.05, 3.63) is 176 Å². The Bertz CT molecular complexity index is 3440. The van der Waals surface area contributed by atoms with Gasteiger partial charge in [-0.05, 0) is 65.2 Å². The number of rotatable bonds is 4. The molecule has 0 fully saturated rings. The first-order valence-corrected chi connectivity index (χ1v) is 19.9. The van der Waals surface area contributed by atoms with Crippen LogP contribution in [0.5, 0.6) is 0 Å². The van der Waals surface area contributed by atoms with E-state index in [1.165, 1.54) is 79.7 Å². The Kier molecular flexibility index (Phi) is 6.38. The molecule has 12 aromatic rings. The van der Waals surface area contributed by atoms with Crippen LogP contribution in [0.4, 0.5) is 0 Å². The zero-order valence-corrected chi connectivity index (χ0v) is 30.5. The molecule has 0 amide bonds. The second kappa shape index (κ2) is 11.5. The minimum absolute atomic E-state index is 0.980. The van der Waals surface area contributed by atoms with Crippen LogP contribution in [0.3, 0.4) is 0 Å². The van der Waals surface area contributed by atoms with Crippen LogP contribution in [0.25, 0.3) is 107 Å². The lowest BCUT2D eigenvalue weighted by molar-refractivity contribution is 1.15. The zero-order chi connectivity index (χ0) is 35.3. The van der Waals surface area contributed by atoms with Gasteiger partial charge in [0.1, 0.15) is 0 Å². The van der Waals surface area contributed by atoms with Crippen LogP contribution in [0, 0.1) is 0 Å². The van der Waals surface area contributed by atoms with Crippen LogP contribution in [0.1, 0.15) is 0 Å². The lowest BCUT2D eigenvalue weighted by Gasteiger charge is -2.10. The van der Waals surface area contributed by atoms with Gasteiger partial charge >= 0.3 is 0 Å². The van der Waals surface area contributed by atoms with Gasteiger partial charge in [-0.2, -0.15) is 0 Å². The zero-order valence-electron chi connectivity index (χ0n) is 28.9. The largest absolute Gasteiger partial charge is 0.309 e. The number of thiophene rings is 1. The van der Waals surface area contributed by atoms with Gasteiger partial charge in [0.05, 0.1) is 32.3 Å². The molecule has 12 rings (SSSR count). The molecule has 0 unspecified atom stereocenters. The molecule has 0 N–H and O–H groups in total. The lowest BCUT2D eigenvalue weighted by atomic mass is 9.98. The first-order chi connectivity index (χ1) is 26.8. The van der Waals surface area contributed by atoms with Crippen molar-refractivity contribution in [2.75, 3.05) is 0 Å². The molecule has 252 valence electrons. The Morgan fingerprint density at radius 3 is 1.89 bits per heavy atom. The summed E-state index contributed by atoms with van der Waals surface area (Å²) in [7, 11) is 0. The quantitative estimate of drug-likeness (QED) is 0.177. The van der Waals surface area contributed by atoms with Gasteiger partial charge in [-0.25, -0.2) is 4.98 Å². The molecule has 0 saturated heterocycles. The van der Waals surface area contributed by atoms with Crippen molar-refractivity contribution in [2.45, 2.75) is 0 Å². The Hall–Kier alpha value is -6.53. The summed E-state index contributed by atoms with van der Waals surface area (Å²) in [5, 5.41) is 8.55. The summed E-state index contributed by atoms with van der Waals surface area (Å²) in [5.74, 6) is 0. The van der Waals surface area contributed by atoms with Crippen molar-refractivity contribution in [1.29, 1.82) is 0 Å². The third kappa shape index (κ3) is 4.25. The molecule has 5 heteroatoms. The summed E-state index contributed by atoms with van der Waals surface area (Å²) < 4.78 is 8.63. The predicted octanol–water partition coefficient (Wildman–Crippen LogP) is 14.2. The third-order valence-corrected chi connectivity index (χ3v) is 13.1. The van der Waals surface area contributed by atoms with E-state index < -0.39 is 0 Å². The Morgan fingerprint density at radius 1 is 0.389 bits per heavy atom. The summed E-state index contributed by atoms with van der Waals surface area (Å²) in [4.78, 5) is 5.56. The molecule has 0 aliphatic heterocycles. The molecule has 0 aliphatic rings. The molecule has 8 aromatic carbocycles. The fraction of sp³-hybridized carbons (Fsp3) is 0. The van der Waals surface area contributed by atoms with E-state index in [1.807, 2.05) is 11.3 Å². The Morgan fingerprint density at radius 2 is 1.06 bits per heavy atom. The van der Waals surface area contributed by atoms with Gasteiger partial charge in [-0.15, -0.1) is 11.3 Å². The molecule has 0 atom stereocenters. The summed E-state index contributed by atoms with van der Waals surface area (Å²) >= 11 is 3.67. The number of hydrogen-bond acceptors (Lipinski definition) is 3. The maximum Gasteiger partial charge on any atom is 0.195 e. The highest BCUT2D eigenvalue weighted by Crippen LogP contribution is 2.47. The van der Waals surface area contributed by atoms with Gasteiger partial charge in [-0.1, -0.05) is 139 Å². The summed E-state index contributed by atoms with van der Waals surface area (Å²) in [6, 6.07) is 63.9. The normalized spacial score (nSPS) is 12.1. The minimum atomic E-state index is 0.980. The fourth-order valence-corrected chi connectivity index (χ4v) is 11.1. The third-order valence-electron chi connectivity index (χ3n) is 11.0. The predicted molar refractivity (Wildman–Crippen MR) is 232 cm³/mol. The second-order valence-corrected chi connectivity index (χ2v) is 16.0. The van der Waals surface area contributed by atoms with Crippen LogP contribution in [0.2, 0.25) is 0 Å². The van der Waals surface area contributed by atoms with Crippen molar-refractivity contribution in [3.63, 3.8) is 0 Å². The molecule has 0 radical (unpaired) electrons. The van der Waals surface area contributed by atoms with E-state index in [4.69, 9.17) is 4.98 Å². The number of aromatic nitrogens is 3. The molecule has 0 bridgehead atoms. The van der Waals surface area contributed by atoms with Crippen molar-refractivity contribution in [3.8, 4) is 33.1 Å². The average Bonchev–Trinajstić information content (AvgIpc) is 4.00. The number of thiazole rings is 1. The number of fused-ring (bicyclic) bond motifs is 11. The molecule has 0 aliphatic carbocycles. The van der Waals surface area contributed by atoms with E-state index in [1.54, 1.807) is 11.3 Å². The minimum Gasteiger partial charge on any atom is -0.309 e. The maximum atomic E-state index is 5.56. The molecule has 0 spiro atoms. The Balaban J connectivity index is 1.14. The van der Waals surface area contributed by atoms with Gasteiger partial charge in [0.15, 0.2) is 5.13 Å². The second-order valence-electron chi connectivity index (χ2n) is 13.9. The molecule has 4 aromatic heterocycles. The summed E-state index contributed by atoms with van der Waals surface area (Å²) in [6.07, 6.45) is 0. The lowest BCUT2D eigenvalue weighted by Crippen LogP contribution is -1.94. The van der Waals surface area contributed by atoms with Crippen molar-refractivity contribution >= 4 is 96.7 Å². The highest BCUT2D eigenvalue weighted by atomic mass is 32.1. The van der Waals surface area contributed by atoms with Gasteiger partial charge in [0.2, 0.25) is 0 Å². The van der Waals surface area contributed by atoms with Crippen LogP contribution in [-0.2, 0) is 0 Å². The van der Waals surface area contributed by atoms with E-state index in [9.17, 15) is 0 Å². The van der Waals surface area contributed by atoms with Crippen molar-refractivity contribution < 1.29 is 0 Å². The van der Waals surface area contributed by atoms with E-state index in [-0.39, 0.29) is 0 Å². The van der Waals surface area contributed by atoms with Crippen LogP contribution in [0.15, 0.2) is 176 Å². The van der Waals surface area contributed by atoms with Gasteiger partial charge in [0, 0.05) is 53.0 Å². The van der Waals surface area contributed by atoms with E-state index >= 15 is 0 Å². The SMILES string of the molecule is c1ccc(-c2cc3sc4ccccc4c3c3sc(-n4c5ccccc5c5c(-c6ccc7c8ccccc8n(-c8ccccc8)c7c6)cccc54)nc23)cc1. The molecule has 54 heavy (non-hydrogen) atoms. The Labute approximate surface area is 318 Å². The summed E-state index contributed by atoms with van der Waals surface area (Å²) in [6.45, 7) is 0. The molecule has 4 heterocycles. The number of nitrogens with zero attached hydrogens (tertiary/aromatic N) is 3. The van der Waals surface area contributed by atoms with Crippen LogP contribution < -0.4 is 0 Å². The first-order valence-electron chi connectivity index (χ1n) is 18.2. The van der Waals surface area contributed by atoms with Crippen molar-refractivity contribution in [1.82, 2.24) is 14.1 Å². The molecule has 0 saturated carbocycles. The monoisotopic (exact) mass is 723 g/mol. The average molecular weight is 724 g/mol. The fourth-order valence-electron chi connectivity index (χ4n) is 8.65. The van der Waals surface area contributed by atoms with Gasteiger partial charge < -0.3 is 4.57 Å². The van der Waals surface area contributed by atoms with Gasteiger partial charge in [0.25, 0.3) is 0 Å². The van der Waals surface area contributed by atoms with Crippen LogP contribution >= 0.6 is 22.7 Å². The van der Waals surface area contributed by atoms with E-state index in [0.29, 0.717) is 0 Å². The summed E-state index contributed by atoms with van der Waals surface area (Å²) in [5.41, 5.74) is 11.7. The first kappa shape index (κ1) is 30.0. The highest BCUT2D eigenvalue weighted by molar-refractivity contribution is 7.28. The molecular formula is C49H29N3S2. The maximum absolute atomic E-state index is 5.56. The van der Waals surface area contributed by atoms with Gasteiger partial charge in [-0.3, -0.25) is 4.57 Å². The van der Waals surface area contributed by atoms with Crippen molar-refractivity contribution in [2.24, 2.45) is 0 Å².